The number of esters is 1. The summed E-state index contributed by atoms with van der Waals surface area (Å²) in [5.41, 5.74) is 0.788. The third-order valence-corrected chi connectivity index (χ3v) is 3.78. The van der Waals surface area contributed by atoms with Gasteiger partial charge in [0.2, 0.25) is 5.91 Å². The molecule has 1 aromatic rings. The molecule has 2 amide bonds. The summed E-state index contributed by atoms with van der Waals surface area (Å²) in [6, 6.07) is 4.74. The van der Waals surface area contributed by atoms with Crippen LogP contribution >= 0.6 is 11.6 Å². The molecule has 0 N–H and O–H groups in total. The van der Waals surface area contributed by atoms with E-state index in [2.05, 4.69) is 4.74 Å². The maximum atomic E-state index is 12.3. The topological polar surface area (TPSA) is 66.9 Å². The Kier molecular flexibility index (Phi) is 4.71. The molecule has 0 spiro atoms. The van der Waals surface area contributed by atoms with Crippen molar-refractivity contribution in [3.63, 3.8) is 0 Å². The molecule has 1 fully saturated rings. The van der Waals surface area contributed by atoms with E-state index in [9.17, 15) is 14.4 Å². The van der Waals surface area contributed by atoms with Crippen molar-refractivity contribution in [3.8, 4) is 0 Å². The van der Waals surface area contributed by atoms with Crippen LogP contribution in [0.3, 0.4) is 0 Å². The number of carbonyl (C=O) groups is 3. The van der Waals surface area contributed by atoms with Gasteiger partial charge in [0.1, 0.15) is 0 Å². The Hall–Kier alpha value is -2.08. The molecule has 0 radical (unpaired) electrons. The summed E-state index contributed by atoms with van der Waals surface area (Å²) in [7, 11) is 4.55. The summed E-state index contributed by atoms with van der Waals surface area (Å²) >= 11 is 6.00. The number of methoxy groups -OCH3 is 1. The van der Waals surface area contributed by atoms with Crippen LogP contribution in [0.4, 0.5) is 5.69 Å². The van der Waals surface area contributed by atoms with Crippen molar-refractivity contribution in [2.45, 2.75) is 6.42 Å². The molecule has 1 atom stereocenters. The first-order valence-electron chi connectivity index (χ1n) is 6.74. The van der Waals surface area contributed by atoms with Gasteiger partial charge in [-0.25, -0.2) is 0 Å². The van der Waals surface area contributed by atoms with Gasteiger partial charge in [0.05, 0.1) is 24.3 Å². The standard InChI is InChI=1S/C15H17ClN2O4/c1-17(2)14(20)11-5-4-10(16)7-12(11)18-8-9(6-13(18)19)15(21)22-3/h4-5,7,9H,6,8H2,1-3H3. The molecule has 1 aliphatic rings. The summed E-state index contributed by atoms with van der Waals surface area (Å²) in [6.45, 7) is 0.180. The minimum absolute atomic E-state index is 0.0643. The Balaban J connectivity index is 2.40. The van der Waals surface area contributed by atoms with E-state index in [0.717, 1.165) is 0 Å². The van der Waals surface area contributed by atoms with E-state index in [0.29, 0.717) is 16.3 Å². The van der Waals surface area contributed by atoms with Gasteiger partial charge in [0, 0.05) is 32.1 Å². The van der Waals surface area contributed by atoms with Gasteiger partial charge < -0.3 is 14.5 Å². The van der Waals surface area contributed by atoms with E-state index >= 15 is 0 Å². The number of hydrogen-bond donors (Lipinski definition) is 0. The van der Waals surface area contributed by atoms with E-state index in [-0.39, 0.29) is 24.8 Å². The second kappa shape index (κ2) is 6.36. The second-order valence-corrected chi connectivity index (χ2v) is 5.73. The molecule has 0 saturated carbocycles. The Labute approximate surface area is 133 Å². The Morgan fingerprint density at radius 2 is 2.05 bits per heavy atom. The van der Waals surface area contributed by atoms with Crippen molar-refractivity contribution >= 4 is 35.1 Å². The summed E-state index contributed by atoms with van der Waals surface area (Å²) in [4.78, 5) is 38.9. The monoisotopic (exact) mass is 324 g/mol. The minimum atomic E-state index is -0.529. The molecule has 6 nitrogen and oxygen atoms in total. The number of halogens is 1. The highest BCUT2D eigenvalue weighted by Crippen LogP contribution is 2.31. The zero-order valence-electron chi connectivity index (χ0n) is 12.6. The molecular weight excluding hydrogens is 308 g/mol. The normalized spacial score (nSPS) is 17.5. The fraction of sp³-hybridized carbons (Fsp3) is 0.400. The van der Waals surface area contributed by atoms with Crippen molar-refractivity contribution in [2.24, 2.45) is 5.92 Å². The first kappa shape index (κ1) is 16.3. The van der Waals surface area contributed by atoms with Crippen molar-refractivity contribution in [3.05, 3.63) is 28.8 Å². The lowest BCUT2D eigenvalue weighted by Gasteiger charge is -2.21. The second-order valence-electron chi connectivity index (χ2n) is 5.29. The summed E-state index contributed by atoms with van der Waals surface area (Å²) in [5.74, 6) is -1.43. The first-order chi connectivity index (χ1) is 10.3. The van der Waals surface area contributed by atoms with Crippen molar-refractivity contribution in [1.82, 2.24) is 4.90 Å². The van der Waals surface area contributed by atoms with Crippen LogP contribution in [0, 0.1) is 5.92 Å². The SMILES string of the molecule is COC(=O)C1CC(=O)N(c2cc(Cl)ccc2C(=O)N(C)C)C1. The van der Waals surface area contributed by atoms with Crippen LogP contribution < -0.4 is 4.90 Å². The van der Waals surface area contributed by atoms with E-state index in [1.807, 2.05) is 0 Å². The molecule has 1 saturated heterocycles. The summed E-state index contributed by atoms with van der Waals surface area (Å²) in [6.07, 6.45) is 0.0643. The van der Waals surface area contributed by atoms with Gasteiger partial charge in [-0.15, -0.1) is 0 Å². The fourth-order valence-electron chi connectivity index (χ4n) is 2.41. The van der Waals surface area contributed by atoms with Gasteiger partial charge in [0.15, 0.2) is 0 Å². The zero-order chi connectivity index (χ0) is 16.4. The Bertz CT molecular complexity index is 630. The lowest BCUT2D eigenvalue weighted by atomic mass is 10.1. The third-order valence-electron chi connectivity index (χ3n) is 3.55. The lowest BCUT2D eigenvalue weighted by molar-refractivity contribution is -0.145. The quantitative estimate of drug-likeness (QED) is 0.792. The van der Waals surface area contributed by atoms with E-state index < -0.39 is 11.9 Å². The number of hydrogen-bond acceptors (Lipinski definition) is 4. The number of amides is 2. The lowest BCUT2D eigenvalue weighted by Crippen LogP contribution is -2.30. The highest BCUT2D eigenvalue weighted by Gasteiger charge is 2.37. The minimum Gasteiger partial charge on any atom is -0.469 e. The number of carbonyl (C=O) groups excluding carboxylic acids is 3. The number of benzene rings is 1. The predicted molar refractivity (Wildman–Crippen MR) is 81.9 cm³/mol. The van der Waals surface area contributed by atoms with Crippen LogP contribution in [-0.2, 0) is 14.3 Å². The van der Waals surface area contributed by atoms with E-state index in [1.54, 1.807) is 32.3 Å². The average molecular weight is 325 g/mol. The van der Waals surface area contributed by atoms with Gasteiger partial charge in [-0.05, 0) is 18.2 Å². The molecule has 118 valence electrons. The van der Waals surface area contributed by atoms with Crippen molar-refractivity contribution in [1.29, 1.82) is 0 Å². The highest BCUT2D eigenvalue weighted by molar-refractivity contribution is 6.31. The van der Waals surface area contributed by atoms with Crippen molar-refractivity contribution < 1.29 is 19.1 Å². The molecule has 1 aliphatic heterocycles. The molecule has 0 aromatic heterocycles. The number of anilines is 1. The molecule has 22 heavy (non-hydrogen) atoms. The highest BCUT2D eigenvalue weighted by atomic mass is 35.5. The molecule has 7 heteroatoms. The van der Waals surface area contributed by atoms with E-state index in [1.165, 1.54) is 16.9 Å². The van der Waals surface area contributed by atoms with Crippen LogP contribution in [0.2, 0.25) is 5.02 Å². The molecular formula is C15H17ClN2O4. The van der Waals surface area contributed by atoms with Crippen LogP contribution in [0.5, 0.6) is 0 Å². The number of ether oxygens (including phenoxy) is 1. The first-order valence-corrected chi connectivity index (χ1v) is 7.12. The molecule has 1 aromatic carbocycles. The molecule has 1 heterocycles. The van der Waals surface area contributed by atoms with Crippen LogP contribution in [-0.4, -0.2) is 50.4 Å². The van der Waals surface area contributed by atoms with Crippen LogP contribution in [0.15, 0.2) is 18.2 Å². The van der Waals surface area contributed by atoms with Crippen molar-refractivity contribution in [2.75, 3.05) is 32.6 Å². The molecule has 2 rings (SSSR count). The van der Waals surface area contributed by atoms with E-state index in [4.69, 9.17) is 11.6 Å². The largest absolute Gasteiger partial charge is 0.469 e. The fourth-order valence-corrected chi connectivity index (χ4v) is 2.58. The maximum Gasteiger partial charge on any atom is 0.311 e. The predicted octanol–water partition coefficient (Wildman–Crippen LogP) is 1.57. The van der Waals surface area contributed by atoms with Gasteiger partial charge in [-0.2, -0.15) is 0 Å². The third kappa shape index (κ3) is 3.06. The van der Waals surface area contributed by atoms with Crippen LogP contribution in [0.1, 0.15) is 16.8 Å². The Morgan fingerprint density at radius 3 is 2.64 bits per heavy atom. The van der Waals surface area contributed by atoms with Gasteiger partial charge >= 0.3 is 5.97 Å². The maximum absolute atomic E-state index is 12.3. The average Bonchev–Trinajstić information content (AvgIpc) is 2.87. The molecule has 1 unspecified atom stereocenters. The van der Waals surface area contributed by atoms with Gasteiger partial charge in [-0.1, -0.05) is 11.6 Å². The van der Waals surface area contributed by atoms with Gasteiger partial charge in [0.25, 0.3) is 5.91 Å². The summed E-state index contributed by atoms with van der Waals surface area (Å²) in [5, 5.41) is 0.416. The van der Waals surface area contributed by atoms with Crippen LogP contribution in [0.25, 0.3) is 0 Å². The molecule has 0 bridgehead atoms. The number of rotatable bonds is 3. The molecule has 0 aliphatic carbocycles. The zero-order valence-corrected chi connectivity index (χ0v) is 13.4. The summed E-state index contributed by atoms with van der Waals surface area (Å²) < 4.78 is 4.69. The van der Waals surface area contributed by atoms with Gasteiger partial charge in [-0.3, -0.25) is 14.4 Å². The Morgan fingerprint density at radius 1 is 1.36 bits per heavy atom. The smallest absolute Gasteiger partial charge is 0.311 e. The number of nitrogens with zero attached hydrogens (tertiary/aromatic N) is 2.